The first-order valence-electron chi connectivity index (χ1n) is 4.98. The number of hydrogen-bond acceptors (Lipinski definition) is 1. The minimum Gasteiger partial charge on any atom is -0.396 e. The van der Waals surface area contributed by atoms with Gasteiger partial charge in [0.05, 0.1) is 0 Å². The maximum absolute atomic E-state index is 9.17. The summed E-state index contributed by atoms with van der Waals surface area (Å²) in [5, 5.41) is 9.17. The van der Waals surface area contributed by atoms with Crippen molar-refractivity contribution in [3.05, 3.63) is 0 Å². The van der Waals surface area contributed by atoms with Gasteiger partial charge in [-0.15, -0.1) is 0 Å². The molecule has 0 saturated carbocycles. The molecule has 1 unspecified atom stereocenters. The number of aliphatic hydroxyl groups is 1. The monoisotopic (exact) mass is 172 g/mol. The Labute approximate surface area is 77.2 Å². The van der Waals surface area contributed by atoms with Crippen LogP contribution >= 0.6 is 0 Å². The predicted molar refractivity (Wildman–Crippen MR) is 54.1 cm³/mol. The lowest BCUT2D eigenvalue weighted by molar-refractivity contribution is 0.118. The van der Waals surface area contributed by atoms with Crippen LogP contribution in [0.4, 0.5) is 0 Å². The SMILES string of the molecule is CC(C)CCC(CO)C(C)(C)C. The molecule has 0 radical (unpaired) electrons. The lowest BCUT2D eigenvalue weighted by atomic mass is 9.78. The summed E-state index contributed by atoms with van der Waals surface area (Å²) in [6.45, 7) is 11.4. The van der Waals surface area contributed by atoms with E-state index in [0.717, 1.165) is 12.3 Å². The average Bonchev–Trinajstić information content (AvgIpc) is 1.85. The quantitative estimate of drug-likeness (QED) is 0.691. The highest BCUT2D eigenvalue weighted by molar-refractivity contribution is 4.73. The molecule has 0 aliphatic heterocycles. The molecule has 0 bridgehead atoms. The van der Waals surface area contributed by atoms with E-state index >= 15 is 0 Å². The van der Waals surface area contributed by atoms with Gasteiger partial charge in [0.25, 0.3) is 0 Å². The highest BCUT2D eigenvalue weighted by atomic mass is 16.3. The van der Waals surface area contributed by atoms with Crippen LogP contribution in [0.1, 0.15) is 47.5 Å². The Balaban J connectivity index is 3.84. The minimum atomic E-state index is 0.254. The summed E-state index contributed by atoms with van der Waals surface area (Å²) >= 11 is 0. The first kappa shape index (κ1) is 12.0. The van der Waals surface area contributed by atoms with E-state index in [4.69, 9.17) is 0 Å². The summed E-state index contributed by atoms with van der Waals surface area (Å²) in [6, 6.07) is 0. The normalized spacial score (nSPS) is 15.2. The number of rotatable bonds is 4. The van der Waals surface area contributed by atoms with Gasteiger partial charge >= 0.3 is 0 Å². The summed E-state index contributed by atoms with van der Waals surface area (Å²) in [5.74, 6) is 1.21. The van der Waals surface area contributed by atoms with E-state index in [0.29, 0.717) is 12.5 Å². The fraction of sp³-hybridized carbons (Fsp3) is 1.00. The maximum Gasteiger partial charge on any atom is 0.0464 e. The third-order valence-electron chi connectivity index (χ3n) is 2.54. The Bertz CT molecular complexity index is 111. The van der Waals surface area contributed by atoms with E-state index in [1.165, 1.54) is 6.42 Å². The van der Waals surface area contributed by atoms with Crippen molar-refractivity contribution in [2.45, 2.75) is 47.5 Å². The second-order valence-electron chi connectivity index (χ2n) is 5.22. The van der Waals surface area contributed by atoms with E-state index < -0.39 is 0 Å². The lowest BCUT2D eigenvalue weighted by Gasteiger charge is -2.29. The molecule has 1 N–H and O–H groups in total. The van der Waals surface area contributed by atoms with Gasteiger partial charge in [0, 0.05) is 6.61 Å². The van der Waals surface area contributed by atoms with Crippen molar-refractivity contribution in [2.75, 3.05) is 6.61 Å². The van der Waals surface area contributed by atoms with Crippen molar-refractivity contribution in [2.24, 2.45) is 17.3 Å². The molecular formula is C11H24O. The molecule has 12 heavy (non-hydrogen) atoms. The fourth-order valence-corrected chi connectivity index (χ4v) is 1.33. The van der Waals surface area contributed by atoms with E-state index in [2.05, 4.69) is 34.6 Å². The highest BCUT2D eigenvalue weighted by Crippen LogP contribution is 2.30. The molecule has 0 aliphatic carbocycles. The van der Waals surface area contributed by atoms with Gasteiger partial charge in [-0.2, -0.15) is 0 Å². The molecule has 1 nitrogen and oxygen atoms in total. The number of hydrogen-bond donors (Lipinski definition) is 1. The molecule has 0 amide bonds. The van der Waals surface area contributed by atoms with Crippen LogP contribution in [0.5, 0.6) is 0 Å². The zero-order valence-corrected chi connectivity index (χ0v) is 9.22. The van der Waals surface area contributed by atoms with Crippen LogP contribution in [0.15, 0.2) is 0 Å². The van der Waals surface area contributed by atoms with E-state index in [1.54, 1.807) is 0 Å². The van der Waals surface area contributed by atoms with Crippen LogP contribution in [0.2, 0.25) is 0 Å². The Kier molecular flexibility index (Phi) is 4.84. The maximum atomic E-state index is 9.17. The van der Waals surface area contributed by atoms with Crippen molar-refractivity contribution in [3.63, 3.8) is 0 Å². The van der Waals surface area contributed by atoms with Crippen LogP contribution < -0.4 is 0 Å². The molecule has 0 aliphatic rings. The fourth-order valence-electron chi connectivity index (χ4n) is 1.33. The molecule has 1 heteroatoms. The number of aliphatic hydroxyl groups excluding tert-OH is 1. The van der Waals surface area contributed by atoms with Crippen molar-refractivity contribution >= 4 is 0 Å². The van der Waals surface area contributed by atoms with Gasteiger partial charge in [-0.05, 0) is 23.7 Å². The van der Waals surface area contributed by atoms with Crippen LogP contribution in [0.25, 0.3) is 0 Å². The molecule has 0 aromatic heterocycles. The smallest absolute Gasteiger partial charge is 0.0464 e. The van der Waals surface area contributed by atoms with Gasteiger partial charge in [-0.1, -0.05) is 41.0 Å². The molecule has 0 spiro atoms. The van der Waals surface area contributed by atoms with Crippen LogP contribution in [0, 0.1) is 17.3 Å². The topological polar surface area (TPSA) is 20.2 Å². The Morgan fingerprint density at radius 2 is 1.58 bits per heavy atom. The second-order valence-corrected chi connectivity index (χ2v) is 5.22. The van der Waals surface area contributed by atoms with Crippen LogP contribution in [-0.4, -0.2) is 11.7 Å². The van der Waals surface area contributed by atoms with Crippen molar-refractivity contribution in [1.82, 2.24) is 0 Å². The molecule has 1 atom stereocenters. The first-order chi connectivity index (χ1) is 5.38. The molecular weight excluding hydrogens is 148 g/mol. The van der Waals surface area contributed by atoms with Gasteiger partial charge in [-0.25, -0.2) is 0 Å². The van der Waals surface area contributed by atoms with E-state index in [-0.39, 0.29) is 5.41 Å². The van der Waals surface area contributed by atoms with Crippen molar-refractivity contribution < 1.29 is 5.11 Å². The van der Waals surface area contributed by atoms with Gasteiger partial charge in [0.2, 0.25) is 0 Å². The Hall–Kier alpha value is -0.0400. The van der Waals surface area contributed by atoms with Crippen molar-refractivity contribution in [1.29, 1.82) is 0 Å². The standard InChI is InChI=1S/C11H24O/c1-9(2)6-7-10(8-12)11(3,4)5/h9-10,12H,6-8H2,1-5H3. The van der Waals surface area contributed by atoms with Crippen molar-refractivity contribution in [3.8, 4) is 0 Å². The molecule has 0 saturated heterocycles. The molecule has 0 heterocycles. The Morgan fingerprint density at radius 1 is 1.08 bits per heavy atom. The largest absolute Gasteiger partial charge is 0.396 e. The van der Waals surface area contributed by atoms with Gasteiger partial charge in [-0.3, -0.25) is 0 Å². The van der Waals surface area contributed by atoms with Gasteiger partial charge in [0.1, 0.15) is 0 Å². The van der Waals surface area contributed by atoms with Gasteiger partial charge < -0.3 is 5.11 Å². The molecule has 0 rings (SSSR count). The van der Waals surface area contributed by atoms with Gasteiger partial charge in [0.15, 0.2) is 0 Å². The summed E-state index contributed by atoms with van der Waals surface area (Å²) in [4.78, 5) is 0. The zero-order valence-electron chi connectivity index (χ0n) is 9.22. The molecule has 0 aromatic carbocycles. The van der Waals surface area contributed by atoms with Crippen LogP contribution in [0.3, 0.4) is 0 Å². The predicted octanol–water partition coefficient (Wildman–Crippen LogP) is 3.08. The second kappa shape index (κ2) is 4.86. The Morgan fingerprint density at radius 3 is 1.83 bits per heavy atom. The highest BCUT2D eigenvalue weighted by Gasteiger charge is 2.23. The molecule has 74 valence electrons. The summed E-state index contributed by atoms with van der Waals surface area (Å²) in [6.07, 6.45) is 2.38. The zero-order chi connectivity index (χ0) is 9.78. The van der Waals surface area contributed by atoms with E-state index in [9.17, 15) is 5.11 Å². The summed E-state index contributed by atoms with van der Waals surface area (Å²) in [5.41, 5.74) is 0.254. The third kappa shape index (κ3) is 4.76. The van der Waals surface area contributed by atoms with Crippen LogP contribution in [-0.2, 0) is 0 Å². The minimum absolute atomic E-state index is 0.254. The molecule has 0 fully saturated rings. The molecule has 0 aromatic rings. The lowest BCUT2D eigenvalue weighted by Crippen LogP contribution is -2.24. The van der Waals surface area contributed by atoms with E-state index in [1.807, 2.05) is 0 Å². The summed E-state index contributed by atoms with van der Waals surface area (Å²) < 4.78 is 0. The third-order valence-corrected chi connectivity index (χ3v) is 2.54. The first-order valence-corrected chi connectivity index (χ1v) is 4.98. The average molecular weight is 172 g/mol. The summed E-state index contributed by atoms with van der Waals surface area (Å²) in [7, 11) is 0.